The molecular weight excluding hydrogens is 486 g/mol. The third-order valence-electron chi connectivity index (χ3n) is 5.23. The van der Waals surface area contributed by atoms with E-state index in [1.807, 2.05) is 18.2 Å². The Morgan fingerprint density at radius 3 is 2.58 bits per heavy atom. The van der Waals surface area contributed by atoms with Crippen LogP contribution in [-0.4, -0.2) is 29.0 Å². The summed E-state index contributed by atoms with van der Waals surface area (Å²) in [6.07, 6.45) is 5.03. The zero-order valence-corrected chi connectivity index (χ0v) is 20.0. The van der Waals surface area contributed by atoms with Crippen molar-refractivity contribution < 1.29 is 23.0 Å². The first-order valence-electron chi connectivity index (χ1n) is 11.3. The lowest BCUT2D eigenvalue weighted by Crippen LogP contribution is -2.07. The van der Waals surface area contributed by atoms with Crippen LogP contribution < -0.4 is 9.47 Å². The molecular formula is C28H23ClF2N2O3. The van der Waals surface area contributed by atoms with E-state index in [-0.39, 0.29) is 18.1 Å². The zero-order chi connectivity index (χ0) is 25.3. The second-order valence-corrected chi connectivity index (χ2v) is 8.20. The second-order valence-electron chi connectivity index (χ2n) is 7.79. The average Bonchev–Trinajstić information content (AvgIpc) is 3.39. The van der Waals surface area contributed by atoms with Crippen molar-refractivity contribution in [3.05, 3.63) is 107 Å². The molecule has 0 radical (unpaired) electrons. The molecule has 4 rings (SSSR count). The summed E-state index contributed by atoms with van der Waals surface area (Å²) in [4.78, 5) is 12.6. The second kappa shape index (κ2) is 12.1. The van der Waals surface area contributed by atoms with E-state index >= 15 is 0 Å². The van der Waals surface area contributed by atoms with Crippen LogP contribution >= 0.6 is 11.6 Å². The van der Waals surface area contributed by atoms with Crippen LogP contribution in [0.3, 0.4) is 0 Å². The minimum absolute atomic E-state index is 0.0165. The van der Waals surface area contributed by atoms with Crippen LogP contribution in [0.15, 0.2) is 85.1 Å². The Hall–Kier alpha value is -3.97. The van der Waals surface area contributed by atoms with Gasteiger partial charge in [0.15, 0.2) is 0 Å². The van der Waals surface area contributed by atoms with Gasteiger partial charge >= 0.3 is 0 Å². The number of carbonyl (C=O) groups excluding carboxylic acids is 1. The number of benzene rings is 3. The van der Waals surface area contributed by atoms with E-state index in [9.17, 15) is 13.6 Å². The number of aromatic nitrogens is 2. The maximum atomic E-state index is 14.0. The van der Waals surface area contributed by atoms with Gasteiger partial charge in [-0.1, -0.05) is 41.9 Å². The number of alkyl halides is 1. The van der Waals surface area contributed by atoms with Crippen LogP contribution in [0.4, 0.5) is 8.78 Å². The third kappa shape index (κ3) is 6.58. The highest BCUT2D eigenvalue weighted by molar-refractivity contribution is 6.31. The van der Waals surface area contributed by atoms with Crippen molar-refractivity contribution >= 4 is 23.6 Å². The predicted molar refractivity (Wildman–Crippen MR) is 136 cm³/mol. The smallest absolute Gasteiger partial charge is 0.270 e. The molecule has 0 N–H and O–H groups in total. The molecule has 36 heavy (non-hydrogen) atoms. The first kappa shape index (κ1) is 25.1. The van der Waals surface area contributed by atoms with Crippen molar-refractivity contribution in [1.29, 1.82) is 0 Å². The van der Waals surface area contributed by atoms with Gasteiger partial charge in [-0.05, 0) is 54.1 Å². The summed E-state index contributed by atoms with van der Waals surface area (Å²) >= 11 is 6.06. The monoisotopic (exact) mass is 508 g/mol. The van der Waals surface area contributed by atoms with Gasteiger partial charge in [0.1, 0.15) is 23.9 Å². The average molecular weight is 509 g/mol. The van der Waals surface area contributed by atoms with E-state index in [2.05, 4.69) is 5.10 Å². The molecule has 8 heteroatoms. The molecule has 0 bridgehead atoms. The molecule has 0 saturated heterocycles. The van der Waals surface area contributed by atoms with Crippen molar-refractivity contribution in [2.75, 3.05) is 13.3 Å². The van der Waals surface area contributed by atoms with Gasteiger partial charge in [0.05, 0.1) is 24.0 Å². The quantitative estimate of drug-likeness (QED) is 0.171. The summed E-state index contributed by atoms with van der Waals surface area (Å²) in [6, 6.07) is 20.5. The number of halogens is 3. The molecule has 184 valence electrons. The van der Waals surface area contributed by atoms with Crippen LogP contribution in [0.2, 0.25) is 5.02 Å². The molecule has 4 aromatic rings. The van der Waals surface area contributed by atoms with Crippen molar-refractivity contribution in [3.8, 4) is 22.8 Å². The Morgan fingerprint density at radius 1 is 1.00 bits per heavy atom. The summed E-state index contributed by atoms with van der Waals surface area (Å²) in [7, 11) is 0. The normalized spacial score (nSPS) is 11.1. The lowest BCUT2D eigenvalue weighted by atomic mass is 10.1. The van der Waals surface area contributed by atoms with Gasteiger partial charge in [-0.25, -0.2) is 9.07 Å². The minimum atomic E-state index is -0.429. The first-order chi connectivity index (χ1) is 17.5. The number of hydrogen-bond donors (Lipinski definition) is 0. The molecule has 0 spiro atoms. The van der Waals surface area contributed by atoms with E-state index in [1.54, 1.807) is 54.7 Å². The van der Waals surface area contributed by atoms with Gasteiger partial charge in [-0.3, -0.25) is 9.18 Å². The van der Waals surface area contributed by atoms with E-state index in [0.29, 0.717) is 35.2 Å². The van der Waals surface area contributed by atoms with Crippen molar-refractivity contribution in [2.45, 2.75) is 13.0 Å². The van der Waals surface area contributed by atoms with E-state index < -0.39 is 12.5 Å². The van der Waals surface area contributed by atoms with Gasteiger partial charge in [0.2, 0.25) is 0 Å². The number of nitrogens with zero attached hydrogens (tertiary/aromatic N) is 2. The molecule has 0 aliphatic rings. The molecule has 0 aliphatic carbocycles. The maximum absolute atomic E-state index is 14.0. The molecule has 0 fully saturated rings. The van der Waals surface area contributed by atoms with E-state index in [0.717, 1.165) is 11.1 Å². The topological polar surface area (TPSA) is 53.4 Å². The molecule has 0 aliphatic heterocycles. The van der Waals surface area contributed by atoms with E-state index in [1.165, 1.54) is 22.9 Å². The molecule has 3 aromatic carbocycles. The third-order valence-corrected chi connectivity index (χ3v) is 5.59. The lowest BCUT2D eigenvalue weighted by molar-refractivity contribution is 0.0955. The molecule has 1 aromatic heterocycles. The van der Waals surface area contributed by atoms with Crippen molar-refractivity contribution in [3.63, 3.8) is 0 Å². The Kier molecular flexibility index (Phi) is 8.47. The molecule has 0 unspecified atom stereocenters. The van der Waals surface area contributed by atoms with E-state index in [4.69, 9.17) is 21.1 Å². The Balaban J connectivity index is 1.38. The predicted octanol–water partition coefficient (Wildman–Crippen LogP) is 7.01. The van der Waals surface area contributed by atoms with Crippen molar-refractivity contribution in [2.24, 2.45) is 0 Å². The molecule has 1 heterocycles. The van der Waals surface area contributed by atoms with Gasteiger partial charge < -0.3 is 9.47 Å². The Labute approximate surface area is 212 Å². The van der Waals surface area contributed by atoms with Crippen molar-refractivity contribution in [1.82, 2.24) is 9.78 Å². The lowest BCUT2D eigenvalue weighted by Gasteiger charge is -2.09. The molecule has 0 atom stereocenters. The molecule has 0 saturated carbocycles. The maximum Gasteiger partial charge on any atom is 0.270 e. The zero-order valence-electron chi connectivity index (χ0n) is 19.2. The largest absolute Gasteiger partial charge is 0.493 e. The number of carbonyl (C=O) groups is 1. The van der Waals surface area contributed by atoms with Crippen LogP contribution in [0, 0.1) is 5.82 Å². The van der Waals surface area contributed by atoms with Gasteiger partial charge in [-0.15, -0.1) is 0 Å². The standard InChI is InChI=1S/C28H23ClF2N2O3/c29-25-6-2-7-26(31)24(25)19-36-23-5-1-4-21(18-23)27-14-16-33(32-27)28(34)13-10-20-8-11-22(12-9-20)35-17-3-15-30/h1-2,4-14,16,18H,3,15,17,19H2. The summed E-state index contributed by atoms with van der Waals surface area (Å²) < 4.78 is 38.5. The number of hydrogen-bond acceptors (Lipinski definition) is 4. The fourth-order valence-corrected chi connectivity index (χ4v) is 3.55. The van der Waals surface area contributed by atoms with Gasteiger partial charge in [0, 0.05) is 29.8 Å². The fraction of sp³-hybridized carbons (Fsp3) is 0.143. The highest BCUT2D eigenvalue weighted by Gasteiger charge is 2.10. The summed E-state index contributed by atoms with van der Waals surface area (Å²) in [6.45, 7) is -0.111. The Bertz CT molecular complexity index is 1330. The minimum Gasteiger partial charge on any atom is -0.493 e. The first-order valence-corrected chi connectivity index (χ1v) is 11.6. The summed E-state index contributed by atoms with van der Waals surface area (Å²) in [5, 5.41) is 4.67. The Morgan fingerprint density at radius 2 is 1.81 bits per heavy atom. The fourth-order valence-electron chi connectivity index (χ4n) is 3.34. The van der Waals surface area contributed by atoms with Crippen LogP contribution in [0.1, 0.15) is 22.3 Å². The SMILES string of the molecule is O=C(C=Cc1ccc(OCCCF)cc1)n1ccc(-c2cccc(OCc3c(F)cccc3Cl)c2)n1. The van der Waals surface area contributed by atoms with Crippen LogP contribution in [0.5, 0.6) is 11.5 Å². The summed E-state index contributed by atoms with van der Waals surface area (Å²) in [5.74, 6) is 0.421. The highest BCUT2D eigenvalue weighted by Crippen LogP contribution is 2.25. The summed E-state index contributed by atoms with van der Waals surface area (Å²) in [5.41, 5.74) is 2.42. The van der Waals surface area contributed by atoms with Crippen LogP contribution in [-0.2, 0) is 6.61 Å². The highest BCUT2D eigenvalue weighted by atomic mass is 35.5. The molecule has 5 nitrogen and oxygen atoms in total. The van der Waals surface area contributed by atoms with Gasteiger partial charge in [0.25, 0.3) is 5.91 Å². The van der Waals surface area contributed by atoms with Gasteiger partial charge in [-0.2, -0.15) is 5.10 Å². The van der Waals surface area contributed by atoms with Crippen LogP contribution in [0.25, 0.3) is 17.3 Å². The number of allylic oxidation sites excluding steroid dienone is 1. The molecule has 0 amide bonds. The number of ether oxygens (including phenoxy) is 2. The number of rotatable bonds is 10.